The molecule has 0 bridgehead atoms. The largest absolute Gasteiger partial charge is 0.374 e. The molecule has 0 aliphatic heterocycles. The van der Waals surface area contributed by atoms with Crippen molar-refractivity contribution in [3.8, 4) is 0 Å². The molecule has 1 aliphatic rings. The van der Waals surface area contributed by atoms with Gasteiger partial charge in [0.15, 0.2) is 0 Å². The zero-order valence-corrected chi connectivity index (χ0v) is 13.1. The molecule has 1 saturated carbocycles. The van der Waals surface area contributed by atoms with E-state index in [4.69, 9.17) is 10.6 Å². The summed E-state index contributed by atoms with van der Waals surface area (Å²) in [6.07, 6.45) is 5.54. The lowest BCUT2D eigenvalue weighted by Gasteiger charge is -2.37. The van der Waals surface area contributed by atoms with Crippen LogP contribution in [-0.4, -0.2) is 18.2 Å². The van der Waals surface area contributed by atoms with Gasteiger partial charge in [-0.15, -0.1) is 0 Å². The minimum absolute atomic E-state index is 0.0984. The lowest BCUT2D eigenvalue weighted by atomic mass is 9.87. The van der Waals surface area contributed by atoms with Crippen LogP contribution in [-0.2, 0) is 11.2 Å². The quantitative estimate of drug-likeness (QED) is 0.623. The molecule has 4 heteroatoms. The monoisotopic (exact) mass is 326 g/mol. The minimum Gasteiger partial charge on any atom is -0.374 e. The van der Waals surface area contributed by atoms with E-state index in [1.54, 1.807) is 0 Å². The third kappa shape index (κ3) is 3.37. The molecule has 0 amide bonds. The highest BCUT2D eigenvalue weighted by Crippen LogP contribution is 2.37. The zero-order chi connectivity index (χ0) is 13.7. The molecule has 3 nitrogen and oxygen atoms in total. The van der Waals surface area contributed by atoms with E-state index in [1.165, 1.54) is 18.4 Å². The second kappa shape index (κ2) is 6.84. The Morgan fingerprint density at radius 2 is 2.05 bits per heavy atom. The van der Waals surface area contributed by atoms with Crippen LogP contribution in [0.3, 0.4) is 0 Å². The fourth-order valence-corrected chi connectivity index (χ4v) is 3.58. The number of hydrazine groups is 1. The van der Waals surface area contributed by atoms with Crippen LogP contribution in [0.4, 0.5) is 0 Å². The minimum atomic E-state index is -0.0984. The summed E-state index contributed by atoms with van der Waals surface area (Å²) in [5.41, 5.74) is 4.18. The number of benzene rings is 1. The van der Waals surface area contributed by atoms with Crippen LogP contribution in [0.1, 0.15) is 38.2 Å². The second-order valence-corrected chi connectivity index (χ2v) is 6.07. The van der Waals surface area contributed by atoms with Gasteiger partial charge in [-0.2, -0.15) is 0 Å². The van der Waals surface area contributed by atoms with E-state index in [1.807, 2.05) is 6.07 Å². The molecule has 0 aromatic heterocycles. The van der Waals surface area contributed by atoms with Crippen molar-refractivity contribution in [1.29, 1.82) is 0 Å². The summed E-state index contributed by atoms with van der Waals surface area (Å²) in [6, 6.07) is 8.48. The van der Waals surface area contributed by atoms with Crippen molar-refractivity contribution in [2.75, 3.05) is 6.61 Å². The first-order valence-electron chi connectivity index (χ1n) is 7.05. The van der Waals surface area contributed by atoms with Crippen molar-refractivity contribution in [3.63, 3.8) is 0 Å². The molecular formula is C15H23BrN2O. The first-order valence-corrected chi connectivity index (χ1v) is 7.84. The Bertz CT molecular complexity index is 405. The van der Waals surface area contributed by atoms with Crippen LogP contribution >= 0.6 is 15.9 Å². The summed E-state index contributed by atoms with van der Waals surface area (Å²) < 4.78 is 7.24. The van der Waals surface area contributed by atoms with E-state index in [2.05, 4.69) is 46.5 Å². The molecular weight excluding hydrogens is 304 g/mol. The first-order chi connectivity index (χ1) is 9.22. The van der Waals surface area contributed by atoms with Gasteiger partial charge in [0.1, 0.15) is 0 Å². The van der Waals surface area contributed by atoms with Crippen LogP contribution in [0.2, 0.25) is 0 Å². The van der Waals surface area contributed by atoms with Crippen LogP contribution in [0.5, 0.6) is 0 Å². The molecule has 0 heterocycles. The van der Waals surface area contributed by atoms with Gasteiger partial charge in [-0.25, -0.2) is 0 Å². The Kier molecular flexibility index (Phi) is 5.39. The molecule has 19 heavy (non-hydrogen) atoms. The highest BCUT2D eigenvalue weighted by atomic mass is 79.9. The van der Waals surface area contributed by atoms with Crippen molar-refractivity contribution in [1.82, 2.24) is 5.43 Å². The normalized spacial score (nSPS) is 19.5. The Hall–Kier alpha value is -0.420. The maximum Gasteiger partial charge on any atom is 0.0851 e. The van der Waals surface area contributed by atoms with E-state index >= 15 is 0 Å². The highest BCUT2D eigenvalue weighted by Gasteiger charge is 2.41. The van der Waals surface area contributed by atoms with Gasteiger partial charge in [-0.1, -0.05) is 47.0 Å². The zero-order valence-electron chi connectivity index (χ0n) is 11.5. The van der Waals surface area contributed by atoms with Gasteiger partial charge >= 0.3 is 0 Å². The predicted octanol–water partition coefficient (Wildman–Crippen LogP) is 3.17. The molecule has 0 spiro atoms. The van der Waals surface area contributed by atoms with Gasteiger partial charge in [-0.05, 0) is 37.8 Å². The van der Waals surface area contributed by atoms with Crippen LogP contribution < -0.4 is 11.3 Å². The molecule has 2 rings (SSSR count). The average Bonchev–Trinajstić information content (AvgIpc) is 2.88. The van der Waals surface area contributed by atoms with Gasteiger partial charge in [0.2, 0.25) is 0 Å². The van der Waals surface area contributed by atoms with Crippen molar-refractivity contribution >= 4 is 15.9 Å². The summed E-state index contributed by atoms with van der Waals surface area (Å²) in [5.74, 6) is 5.82. The molecule has 1 aromatic rings. The molecule has 106 valence electrons. The van der Waals surface area contributed by atoms with Crippen molar-refractivity contribution in [2.24, 2.45) is 5.84 Å². The number of hydrogen-bond acceptors (Lipinski definition) is 3. The number of rotatable bonds is 6. The number of nitrogens with one attached hydrogen (secondary N) is 1. The van der Waals surface area contributed by atoms with Gasteiger partial charge in [0.25, 0.3) is 0 Å². The second-order valence-electron chi connectivity index (χ2n) is 5.22. The van der Waals surface area contributed by atoms with E-state index in [-0.39, 0.29) is 11.6 Å². The molecule has 1 aromatic carbocycles. The Morgan fingerprint density at radius 3 is 2.63 bits per heavy atom. The number of halogens is 1. The molecule has 0 saturated heterocycles. The third-order valence-corrected chi connectivity index (χ3v) is 4.87. The lowest BCUT2D eigenvalue weighted by molar-refractivity contribution is -0.0613. The van der Waals surface area contributed by atoms with E-state index in [0.29, 0.717) is 0 Å². The topological polar surface area (TPSA) is 47.3 Å². The van der Waals surface area contributed by atoms with Crippen molar-refractivity contribution in [2.45, 2.75) is 50.7 Å². The van der Waals surface area contributed by atoms with E-state index < -0.39 is 0 Å². The number of ether oxygens (including phenoxy) is 1. The summed E-state index contributed by atoms with van der Waals surface area (Å²) in [7, 11) is 0. The molecule has 1 aliphatic carbocycles. The van der Waals surface area contributed by atoms with Crippen LogP contribution in [0.15, 0.2) is 28.7 Å². The number of nitrogens with two attached hydrogens (primary N) is 1. The van der Waals surface area contributed by atoms with Crippen LogP contribution in [0.25, 0.3) is 0 Å². The van der Waals surface area contributed by atoms with Gasteiger partial charge in [0, 0.05) is 11.1 Å². The van der Waals surface area contributed by atoms with Gasteiger partial charge in [0.05, 0.1) is 11.6 Å². The smallest absolute Gasteiger partial charge is 0.0851 e. The molecule has 0 radical (unpaired) electrons. The van der Waals surface area contributed by atoms with E-state index in [0.717, 1.165) is 30.3 Å². The Labute approximate surface area is 124 Å². The standard InChI is InChI=1S/C15H23BrN2O/c1-2-19-15(9-5-6-10-15)14(18-17)11-12-7-3-4-8-13(12)16/h3-4,7-8,14,18H,2,5-6,9-11,17H2,1H3. The predicted molar refractivity (Wildman–Crippen MR) is 81.8 cm³/mol. The summed E-state index contributed by atoms with van der Waals surface area (Å²) >= 11 is 3.61. The fraction of sp³-hybridized carbons (Fsp3) is 0.600. The lowest BCUT2D eigenvalue weighted by Crippen LogP contribution is -2.54. The first kappa shape index (κ1) is 15.0. The molecule has 1 unspecified atom stereocenters. The average molecular weight is 327 g/mol. The SMILES string of the molecule is CCOC1(C(Cc2ccccc2Br)NN)CCCC1. The summed E-state index contributed by atoms with van der Waals surface area (Å²) in [5, 5.41) is 0. The number of hydrogen-bond donors (Lipinski definition) is 2. The summed E-state index contributed by atoms with van der Waals surface area (Å²) in [6.45, 7) is 2.81. The highest BCUT2D eigenvalue weighted by molar-refractivity contribution is 9.10. The molecule has 3 N–H and O–H groups in total. The Morgan fingerprint density at radius 1 is 1.37 bits per heavy atom. The van der Waals surface area contributed by atoms with Crippen molar-refractivity contribution in [3.05, 3.63) is 34.3 Å². The van der Waals surface area contributed by atoms with Crippen molar-refractivity contribution < 1.29 is 4.74 Å². The van der Waals surface area contributed by atoms with Gasteiger partial charge in [-0.3, -0.25) is 11.3 Å². The molecule has 1 atom stereocenters. The van der Waals surface area contributed by atoms with Gasteiger partial charge < -0.3 is 4.74 Å². The third-order valence-electron chi connectivity index (χ3n) is 4.10. The maximum atomic E-state index is 6.10. The van der Waals surface area contributed by atoms with E-state index in [9.17, 15) is 0 Å². The summed E-state index contributed by atoms with van der Waals surface area (Å²) in [4.78, 5) is 0. The van der Waals surface area contributed by atoms with Crippen LogP contribution in [0, 0.1) is 0 Å². The Balaban J connectivity index is 2.17. The maximum absolute atomic E-state index is 6.10. The molecule has 1 fully saturated rings. The fourth-order valence-electron chi connectivity index (χ4n) is 3.13.